The van der Waals surface area contributed by atoms with Crippen LogP contribution in [0.3, 0.4) is 0 Å². The van der Waals surface area contributed by atoms with Crippen molar-refractivity contribution in [3.8, 4) is 0 Å². The SMILES string of the molecule is CN(c1ccc(C(N)=O)cc1N)C(C)(C)CO. The van der Waals surface area contributed by atoms with E-state index >= 15 is 0 Å². The second-order valence-corrected chi connectivity index (χ2v) is 4.67. The lowest BCUT2D eigenvalue weighted by Gasteiger charge is -2.36. The number of carbonyl (C=O) groups is 1. The number of hydrogen-bond acceptors (Lipinski definition) is 4. The fourth-order valence-electron chi connectivity index (χ4n) is 1.45. The van der Waals surface area contributed by atoms with E-state index in [1.807, 2.05) is 25.8 Å². The van der Waals surface area contributed by atoms with Crippen molar-refractivity contribution >= 4 is 17.3 Å². The van der Waals surface area contributed by atoms with Crippen molar-refractivity contribution < 1.29 is 9.90 Å². The monoisotopic (exact) mass is 237 g/mol. The highest BCUT2D eigenvalue weighted by Crippen LogP contribution is 2.28. The van der Waals surface area contributed by atoms with Gasteiger partial charge in [0.25, 0.3) is 0 Å². The Morgan fingerprint density at radius 2 is 2.06 bits per heavy atom. The lowest BCUT2D eigenvalue weighted by molar-refractivity contribution is 0.100. The summed E-state index contributed by atoms with van der Waals surface area (Å²) in [6.45, 7) is 3.80. The van der Waals surface area contributed by atoms with Gasteiger partial charge in [0.15, 0.2) is 0 Å². The molecule has 1 rings (SSSR count). The second kappa shape index (κ2) is 4.63. The molecule has 0 aromatic heterocycles. The van der Waals surface area contributed by atoms with Crippen LogP contribution in [0.15, 0.2) is 18.2 Å². The molecule has 0 heterocycles. The summed E-state index contributed by atoms with van der Waals surface area (Å²) in [5, 5.41) is 9.30. The van der Waals surface area contributed by atoms with Crippen LogP contribution in [0, 0.1) is 0 Å². The zero-order valence-corrected chi connectivity index (χ0v) is 10.4. The minimum absolute atomic E-state index is 0.000507. The smallest absolute Gasteiger partial charge is 0.248 e. The summed E-state index contributed by atoms with van der Waals surface area (Å²) in [5.41, 5.74) is 12.2. The van der Waals surface area contributed by atoms with Crippen LogP contribution in [0.4, 0.5) is 11.4 Å². The Kier molecular flexibility index (Phi) is 3.63. The van der Waals surface area contributed by atoms with Crippen LogP contribution in [0.5, 0.6) is 0 Å². The third-order valence-corrected chi connectivity index (χ3v) is 2.97. The van der Waals surface area contributed by atoms with Gasteiger partial charge in [-0.25, -0.2) is 0 Å². The number of nitrogen functional groups attached to an aromatic ring is 1. The number of benzene rings is 1. The molecule has 0 spiro atoms. The van der Waals surface area contributed by atoms with Gasteiger partial charge in [0, 0.05) is 12.6 Å². The summed E-state index contributed by atoms with van der Waals surface area (Å²) in [4.78, 5) is 12.9. The number of primary amides is 1. The minimum Gasteiger partial charge on any atom is -0.397 e. The van der Waals surface area contributed by atoms with Crippen molar-refractivity contribution in [1.82, 2.24) is 0 Å². The van der Waals surface area contributed by atoms with Gasteiger partial charge in [0.2, 0.25) is 5.91 Å². The van der Waals surface area contributed by atoms with E-state index in [4.69, 9.17) is 11.5 Å². The molecule has 0 atom stereocenters. The number of likely N-dealkylation sites (N-methyl/N-ethyl adjacent to an activating group) is 1. The van der Waals surface area contributed by atoms with Crippen LogP contribution >= 0.6 is 0 Å². The molecule has 1 amide bonds. The maximum Gasteiger partial charge on any atom is 0.248 e. The third-order valence-electron chi connectivity index (χ3n) is 2.97. The van der Waals surface area contributed by atoms with Gasteiger partial charge in [-0.15, -0.1) is 0 Å². The van der Waals surface area contributed by atoms with Crippen molar-refractivity contribution in [2.75, 3.05) is 24.3 Å². The first-order valence-electron chi connectivity index (χ1n) is 5.33. The lowest BCUT2D eigenvalue weighted by Crippen LogP contribution is -2.44. The molecule has 5 N–H and O–H groups in total. The van der Waals surface area contributed by atoms with Crippen LogP contribution < -0.4 is 16.4 Å². The van der Waals surface area contributed by atoms with Crippen molar-refractivity contribution in [3.63, 3.8) is 0 Å². The van der Waals surface area contributed by atoms with E-state index < -0.39 is 11.4 Å². The maximum atomic E-state index is 11.0. The summed E-state index contributed by atoms with van der Waals surface area (Å²) in [6.07, 6.45) is 0. The topological polar surface area (TPSA) is 92.6 Å². The molecule has 0 aliphatic heterocycles. The van der Waals surface area contributed by atoms with Gasteiger partial charge in [-0.3, -0.25) is 4.79 Å². The molecule has 5 heteroatoms. The van der Waals surface area contributed by atoms with Crippen LogP contribution in [-0.4, -0.2) is 30.2 Å². The van der Waals surface area contributed by atoms with Gasteiger partial charge < -0.3 is 21.5 Å². The Morgan fingerprint density at radius 3 is 2.47 bits per heavy atom. The number of amides is 1. The van der Waals surface area contributed by atoms with E-state index in [0.29, 0.717) is 11.3 Å². The number of rotatable bonds is 4. The molecule has 94 valence electrons. The first-order chi connectivity index (χ1) is 7.79. The molecule has 1 aromatic rings. The molecular weight excluding hydrogens is 218 g/mol. The molecular formula is C12H19N3O2. The van der Waals surface area contributed by atoms with Crippen molar-refractivity contribution in [1.29, 1.82) is 0 Å². The summed E-state index contributed by atoms with van der Waals surface area (Å²) >= 11 is 0. The number of nitrogens with zero attached hydrogens (tertiary/aromatic N) is 1. The van der Waals surface area contributed by atoms with Gasteiger partial charge in [0.1, 0.15) is 0 Å². The number of aliphatic hydroxyl groups excluding tert-OH is 1. The van der Waals surface area contributed by atoms with Crippen molar-refractivity contribution in [3.05, 3.63) is 23.8 Å². The summed E-state index contributed by atoms with van der Waals surface area (Å²) in [6, 6.07) is 4.90. The normalized spacial score (nSPS) is 11.3. The fraction of sp³-hybridized carbons (Fsp3) is 0.417. The van der Waals surface area contributed by atoms with Crippen molar-refractivity contribution in [2.45, 2.75) is 19.4 Å². The Hall–Kier alpha value is -1.75. The van der Waals surface area contributed by atoms with Crippen LogP contribution in [0.25, 0.3) is 0 Å². The predicted molar refractivity (Wildman–Crippen MR) is 68.9 cm³/mol. The molecule has 0 unspecified atom stereocenters. The summed E-state index contributed by atoms with van der Waals surface area (Å²) < 4.78 is 0. The number of hydrogen-bond donors (Lipinski definition) is 3. The van der Waals surface area contributed by atoms with E-state index in [1.54, 1.807) is 18.2 Å². The molecule has 0 fully saturated rings. The van der Waals surface area contributed by atoms with E-state index in [0.717, 1.165) is 5.69 Å². The molecule has 0 aliphatic rings. The standard InChI is InChI=1S/C12H19N3O2/c1-12(2,7-16)15(3)10-5-4-8(11(14)17)6-9(10)13/h4-6,16H,7,13H2,1-3H3,(H2,14,17). The van der Waals surface area contributed by atoms with Gasteiger partial charge in [-0.2, -0.15) is 0 Å². The Labute approximate surface area is 101 Å². The number of aliphatic hydroxyl groups is 1. The van der Waals surface area contributed by atoms with Crippen LogP contribution in [0.2, 0.25) is 0 Å². The zero-order valence-electron chi connectivity index (χ0n) is 10.4. The number of nitrogens with two attached hydrogens (primary N) is 2. The highest BCUT2D eigenvalue weighted by Gasteiger charge is 2.24. The highest BCUT2D eigenvalue weighted by molar-refractivity contribution is 5.94. The third kappa shape index (κ3) is 2.68. The quantitative estimate of drug-likeness (QED) is 0.668. The maximum absolute atomic E-state index is 11.0. The first kappa shape index (κ1) is 13.3. The lowest BCUT2D eigenvalue weighted by atomic mass is 10.0. The highest BCUT2D eigenvalue weighted by atomic mass is 16.3. The van der Waals surface area contributed by atoms with Gasteiger partial charge in [-0.1, -0.05) is 0 Å². The molecule has 0 aliphatic carbocycles. The zero-order chi connectivity index (χ0) is 13.2. The second-order valence-electron chi connectivity index (χ2n) is 4.67. The van der Waals surface area contributed by atoms with Crippen molar-refractivity contribution in [2.24, 2.45) is 5.73 Å². The first-order valence-corrected chi connectivity index (χ1v) is 5.33. The van der Waals surface area contributed by atoms with E-state index in [1.165, 1.54) is 0 Å². The molecule has 0 radical (unpaired) electrons. The molecule has 5 nitrogen and oxygen atoms in total. The molecule has 0 saturated heterocycles. The fourth-order valence-corrected chi connectivity index (χ4v) is 1.45. The van der Waals surface area contributed by atoms with Gasteiger partial charge >= 0.3 is 0 Å². The number of anilines is 2. The van der Waals surface area contributed by atoms with E-state index in [9.17, 15) is 9.90 Å². The van der Waals surface area contributed by atoms with Gasteiger partial charge in [0.05, 0.1) is 23.5 Å². The minimum atomic E-state index is -0.507. The molecule has 0 saturated carbocycles. The predicted octanol–water partition coefficient (Wildman–Crippen LogP) is 0.575. The average molecular weight is 237 g/mol. The molecule has 0 bridgehead atoms. The Bertz CT molecular complexity index is 430. The van der Waals surface area contributed by atoms with E-state index in [-0.39, 0.29) is 6.61 Å². The van der Waals surface area contributed by atoms with Crippen LogP contribution in [-0.2, 0) is 0 Å². The van der Waals surface area contributed by atoms with Gasteiger partial charge in [-0.05, 0) is 32.0 Å². The van der Waals surface area contributed by atoms with E-state index in [2.05, 4.69) is 0 Å². The number of carbonyl (C=O) groups excluding carboxylic acids is 1. The molecule has 1 aromatic carbocycles. The summed E-state index contributed by atoms with van der Waals surface area (Å²) in [5.74, 6) is -0.507. The van der Waals surface area contributed by atoms with Crippen LogP contribution in [0.1, 0.15) is 24.2 Å². The Balaban J connectivity index is 3.12. The Morgan fingerprint density at radius 1 is 1.47 bits per heavy atom. The summed E-state index contributed by atoms with van der Waals surface area (Å²) in [7, 11) is 1.84. The average Bonchev–Trinajstić information content (AvgIpc) is 2.27. The molecule has 17 heavy (non-hydrogen) atoms. The largest absolute Gasteiger partial charge is 0.397 e.